The highest BCUT2D eigenvalue weighted by Crippen LogP contribution is 2.46. The molecule has 2 fully saturated rings. The molecule has 3 aliphatic rings. The molecule has 1 atom stereocenters. The second kappa shape index (κ2) is 12.1. The van der Waals surface area contributed by atoms with Gasteiger partial charge >= 0.3 is 12.1 Å². The molecule has 1 N–H and O–H groups in total. The van der Waals surface area contributed by atoms with E-state index < -0.39 is 42.4 Å². The summed E-state index contributed by atoms with van der Waals surface area (Å²) < 4.78 is 57.1. The van der Waals surface area contributed by atoms with Crippen LogP contribution in [0, 0.1) is 11.3 Å². The standard InChI is InChI=1S/C27H37F3N2O5/c1-35-24(33)23(32-25(34)26(27(28,29)30)11-14-36-15-12-26)10-13-37-21-16-18(17-21)6-8-20-9-7-19-4-2-3-5-22(19)31-20/h7,9,18,21,23H,2-6,8,10-17H2,1H3,(H,32,34). The monoisotopic (exact) mass is 526 g/mol. The van der Waals surface area contributed by atoms with Gasteiger partial charge in [0.2, 0.25) is 5.91 Å². The van der Waals surface area contributed by atoms with Crippen molar-refractivity contribution < 1.29 is 37.0 Å². The fourth-order valence-electron chi connectivity index (χ4n) is 5.56. The number of carbonyl (C=O) groups is 2. The molecule has 10 heteroatoms. The van der Waals surface area contributed by atoms with Crippen molar-refractivity contribution in [3.63, 3.8) is 0 Å². The van der Waals surface area contributed by atoms with Crippen LogP contribution in [0.3, 0.4) is 0 Å². The Bertz CT molecular complexity index is 942. The summed E-state index contributed by atoms with van der Waals surface area (Å²) in [6, 6.07) is 3.16. The van der Waals surface area contributed by atoms with Gasteiger partial charge in [-0.3, -0.25) is 9.78 Å². The van der Waals surface area contributed by atoms with Crippen molar-refractivity contribution in [3.05, 3.63) is 29.1 Å². The number of methoxy groups -OCH3 is 1. The van der Waals surface area contributed by atoms with Crippen molar-refractivity contribution in [2.24, 2.45) is 11.3 Å². The number of ether oxygens (including phenoxy) is 3. The van der Waals surface area contributed by atoms with Crippen molar-refractivity contribution in [1.82, 2.24) is 10.3 Å². The Kier molecular flexibility index (Phi) is 9.11. The Morgan fingerprint density at radius 3 is 2.62 bits per heavy atom. The second-order valence-corrected chi connectivity index (χ2v) is 10.5. The van der Waals surface area contributed by atoms with Crippen LogP contribution in [0.2, 0.25) is 0 Å². The van der Waals surface area contributed by atoms with Crippen LogP contribution in [-0.2, 0) is 43.1 Å². The Labute approximate surface area is 215 Å². The molecule has 4 rings (SSSR count). The first-order valence-electron chi connectivity index (χ1n) is 13.3. The van der Waals surface area contributed by atoms with Gasteiger partial charge in [0.05, 0.1) is 13.2 Å². The van der Waals surface area contributed by atoms with Gasteiger partial charge in [0, 0.05) is 37.6 Å². The van der Waals surface area contributed by atoms with Crippen molar-refractivity contribution in [1.29, 1.82) is 0 Å². The molecule has 0 bridgehead atoms. The number of rotatable bonds is 10. The first kappa shape index (κ1) is 27.8. The summed E-state index contributed by atoms with van der Waals surface area (Å²) in [5.41, 5.74) is 1.22. The largest absolute Gasteiger partial charge is 0.467 e. The van der Waals surface area contributed by atoms with Crippen LogP contribution in [0.1, 0.15) is 68.3 Å². The molecular weight excluding hydrogens is 489 g/mol. The fourth-order valence-corrected chi connectivity index (χ4v) is 5.56. The molecule has 1 aromatic rings. The smallest absolute Gasteiger partial charge is 0.403 e. The van der Waals surface area contributed by atoms with E-state index in [4.69, 9.17) is 19.2 Å². The molecular formula is C27H37F3N2O5. The summed E-state index contributed by atoms with van der Waals surface area (Å²) in [5.74, 6) is -1.46. The van der Waals surface area contributed by atoms with E-state index in [-0.39, 0.29) is 32.3 Å². The molecule has 2 heterocycles. The van der Waals surface area contributed by atoms with Crippen LogP contribution in [0.5, 0.6) is 0 Å². The number of aromatic nitrogens is 1. The number of aryl methyl sites for hydroxylation is 3. The van der Waals surface area contributed by atoms with Gasteiger partial charge in [0.15, 0.2) is 0 Å². The van der Waals surface area contributed by atoms with Gasteiger partial charge in [-0.1, -0.05) is 6.07 Å². The van der Waals surface area contributed by atoms with E-state index in [1.165, 1.54) is 24.1 Å². The van der Waals surface area contributed by atoms with Gasteiger partial charge in [-0.2, -0.15) is 13.2 Å². The maximum absolute atomic E-state index is 13.8. The molecule has 0 radical (unpaired) electrons. The lowest BCUT2D eigenvalue weighted by Gasteiger charge is -2.38. The number of nitrogens with one attached hydrogen (secondary N) is 1. The predicted octanol–water partition coefficient (Wildman–Crippen LogP) is 4.10. The molecule has 0 spiro atoms. The predicted molar refractivity (Wildman–Crippen MR) is 129 cm³/mol. The highest BCUT2D eigenvalue weighted by Gasteiger charge is 2.60. The van der Waals surface area contributed by atoms with Gasteiger partial charge < -0.3 is 19.5 Å². The Hall–Kier alpha value is -2.20. The number of fused-ring (bicyclic) bond motifs is 1. The lowest BCUT2D eigenvalue weighted by molar-refractivity contribution is -0.240. The van der Waals surface area contributed by atoms with Gasteiger partial charge in [-0.15, -0.1) is 0 Å². The minimum atomic E-state index is -4.74. The van der Waals surface area contributed by atoms with Gasteiger partial charge in [-0.25, -0.2) is 4.79 Å². The zero-order valence-corrected chi connectivity index (χ0v) is 21.4. The maximum Gasteiger partial charge on any atom is 0.403 e. The molecule has 0 aromatic carbocycles. The van der Waals surface area contributed by atoms with Crippen LogP contribution < -0.4 is 5.32 Å². The van der Waals surface area contributed by atoms with Crippen molar-refractivity contribution in [2.75, 3.05) is 26.9 Å². The first-order valence-corrected chi connectivity index (χ1v) is 13.3. The van der Waals surface area contributed by atoms with E-state index in [2.05, 4.69) is 17.4 Å². The summed E-state index contributed by atoms with van der Waals surface area (Å²) in [6.07, 6.45) is 2.83. The second-order valence-electron chi connectivity index (χ2n) is 10.5. The lowest BCUT2D eigenvalue weighted by atomic mass is 9.78. The van der Waals surface area contributed by atoms with Gasteiger partial charge in [0.1, 0.15) is 11.5 Å². The van der Waals surface area contributed by atoms with Gasteiger partial charge in [0.25, 0.3) is 0 Å². The van der Waals surface area contributed by atoms with Crippen LogP contribution >= 0.6 is 0 Å². The number of pyridine rings is 1. The zero-order valence-electron chi connectivity index (χ0n) is 21.4. The summed E-state index contributed by atoms with van der Waals surface area (Å²) in [6.45, 7) is -0.180. The number of carbonyl (C=O) groups excluding carboxylic acids is 2. The minimum Gasteiger partial charge on any atom is -0.467 e. The normalized spacial score (nSPS) is 23.9. The van der Waals surface area contributed by atoms with E-state index in [9.17, 15) is 22.8 Å². The number of halogens is 3. The average molecular weight is 527 g/mol. The Morgan fingerprint density at radius 1 is 1.19 bits per heavy atom. The molecule has 1 amide bonds. The average Bonchev–Trinajstić information content (AvgIpc) is 2.87. The molecule has 206 valence electrons. The molecule has 1 unspecified atom stereocenters. The third-order valence-electron chi connectivity index (χ3n) is 8.11. The number of amides is 1. The third-order valence-corrected chi connectivity index (χ3v) is 8.11. The van der Waals surface area contributed by atoms with Crippen molar-refractivity contribution in [3.8, 4) is 0 Å². The Balaban J connectivity index is 1.20. The summed E-state index contributed by atoms with van der Waals surface area (Å²) in [7, 11) is 1.14. The highest BCUT2D eigenvalue weighted by molar-refractivity contribution is 5.88. The van der Waals surface area contributed by atoms with E-state index in [1.54, 1.807) is 0 Å². The van der Waals surface area contributed by atoms with E-state index in [0.717, 1.165) is 51.3 Å². The lowest BCUT2D eigenvalue weighted by Crippen LogP contribution is -2.57. The SMILES string of the molecule is COC(=O)C(CCOC1CC(CCc2ccc3c(n2)CCCC3)C1)NC(=O)C1(C(F)(F)F)CCOCC1. The molecule has 37 heavy (non-hydrogen) atoms. The third kappa shape index (κ3) is 6.63. The molecule has 1 aliphatic heterocycles. The van der Waals surface area contributed by atoms with Gasteiger partial charge in [-0.05, 0) is 81.8 Å². The summed E-state index contributed by atoms with van der Waals surface area (Å²) in [5, 5.41) is 2.29. The number of hydrogen-bond acceptors (Lipinski definition) is 6. The molecule has 7 nitrogen and oxygen atoms in total. The zero-order chi connectivity index (χ0) is 26.5. The van der Waals surface area contributed by atoms with Crippen molar-refractivity contribution in [2.45, 2.75) is 89.0 Å². The van der Waals surface area contributed by atoms with E-state index >= 15 is 0 Å². The van der Waals surface area contributed by atoms with Crippen LogP contribution in [-0.4, -0.2) is 62.1 Å². The number of nitrogens with zero attached hydrogens (tertiary/aromatic N) is 1. The molecule has 1 saturated heterocycles. The highest BCUT2D eigenvalue weighted by atomic mass is 19.4. The molecule has 1 saturated carbocycles. The quantitative estimate of drug-likeness (QED) is 0.462. The topological polar surface area (TPSA) is 86.8 Å². The summed E-state index contributed by atoms with van der Waals surface area (Å²) in [4.78, 5) is 29.8. The Morgan fingerprint density at radius 2 is 1.92 bits per heavy atom. The maximum atomic E-state index is 13.8. The van der Waals surface area contributed by atoms with E-state index in [0.29, 0.717) is 5.92 Å². The number of alkyl halides is 3. The van der Waals surface area contributed by atoms with Crippen LogP contribution in [0.4, 0.5) is 13.2 Å². The number of hydrogen-bond donors (Lipinski definition) is 1. The minimum absolute atomic E-state index is 0.0447. The fraction of sp³-hybridized carbons (Fsp3) is 0.741. The van der Waals surface area contributed by atoms with Crippen LogP contribution in [0.15, 0.2) is 12.1 Å². The number of esters is 1. The molecule has 2 aliphatic carbocycles. The van der Waals surface area contributed by atoms with Crippen LogP contribution in [0.25, 0.3) is 0 Å². The van der Waals surface area contributed by atoms with Crippen molar-refractivity contribution >= 4 is 11.9 Å². The molecule has 1 aromatic heterocycles. The van der Waals surface area contributed by atoms with E-state index in [1.807, 2.05) is 0 Å². The first-order chi connectivity index (χ1) is 17.7. The summed E-state index contributed by atoms with van der Waals surface area (Å²) >= 11 is 0.